The number of nitrogens with two attached hydrogens (primary N) is 1. The molecule has 2 aromatic rings. The Hall–Kier alpha value is -1.31. The standard InChI is InChI=1S/C7H9N5OS/c1-3(13)6-11-4-5(12-8)9-2-10-7(4)14-6/h2-3,13H,8H2,1H3,(H,9,10,12). The van der Waals surface area contributed by atoms with Gasteiger partial charge < -0.3 is 10.5 Å². The molecule has 7 heteroatoms. The molecule has 0 saturated carbocycles. The summed E-state index contributed by atoms with van der Waals surface area (Å²) < 4.78 is 0. The zero-order chi connectivity index (χ0) is 10.1. The highest BCUT2D eigenvalue weighted by atomic mass is 32.1. The molecule has 1 atom stereocenters. The van der Waals surface area contributed by atoms with E-state index in [0.717, 1.165) is 0 Å². The number of aromatic nitrogens is 3. The predicted octanol–water partition coefficient (Wildman–Crippen LogP) is 0.425. The molecule has 0 fully saturated rings. The number of nitrogen functional groups attached to an aromatic ring is 1. The normalized spacial score (nSPS) is 13.1. The van der Waals surface area contributed by atoms with Crippen molar-refractivity contribution in [2.24, 2.45) is 5.84 Å². The molecule has 0 aliphatic rings. The topological polar surface area (TPSA) is 97.0 Å². The van der Waals surface area contributed by atoms with Crippen LogP contribution in [-0.4, -0.2) is 20.1 Å². The van der Waals surface area contributed by atoms with Crippen LogP contribution in [0, 0.1) is 0 Å². The summed E-state index contributed by atoms with van der Waals surface area (Å²) in [4.78, 5) is 12.8. The summed E-state index contributed by atoms with van der Waals surface area (Å²) in [6, 6.07) is 0. The van der Waals surface area contributed by atoms with Crippen molar-refractivity contribution in [2.45, 2.75) is 13.0 Å². The first-order valence-electron chi connectivity index (χ1n) is 3.98. The molecule has 6 nitrogen and oxygen atoms in total. The summed E-state index contributed by atoms with van der Waals surface area (Å²) in [6.45, 7) is 1.65. The molecule has 2 aromatic heterocycles. The van der Waals surface area contributed by atoms with Gasteiger partial charge in [0.1, 0.15) is 27.8 Å². The lowest BCUT2D eigenvalue weighted by molar-refractivity contribution is 0.199. The van der Waals surface area contributed by atoms with Crippen molar-refractivity contribution in [1.29, 1.82) is 0 Å². The second-order valence-electron chi connectivity index (χ2n) is 2.75. The van der Waals surface area contributed by atoms with Crippen molar-refractivity contribution in [1.82, 2.24) is 15.0 Å². The maximum atomic E-state index is 9.34. The molecule has 0 aliphatic heterocycles. The minimum absolute atomic E-state index is 0.471. The molecule has 0 spiro atoms. The Morgan fingerprint density at radius 1 is 1.57 bits per heavy atom. The molecular formula is C7H9N5OS. The number of aliphatic hydroxyl groups excluding tert-OH is 1. The highest BCUT2D eigenvalue weighted by molar-refractivity contribution is 7.18. The van der Waals surface area contributed by atoms with Crippen LogP contribution >= 0.6 is 11.3 Å². The Bertz CT molecular complexity index is 454. The van der Waals surface area contributed by atoms with E-state index in [1.807, 2.05) is 0 Å². The third-order valence-corrected chi connectivity index (χ3v) is 2.84. The molecule has 74 valence electrons. The van der Waals surface area contributed by atoms with Crippen molar-refractivity contribution < 1.29 is 5.11 Å². The van der Waals surface area contributed by atoms with E-state index in [0.29, 0.717) is 21.2 Å². The van der Waals surface area contributed by atoms with E-state index in [1.165, 1.54) is 17.7 Å². The van der Waals surface area contributed by atoms with Gasteiger partial charge in [-0.1, -0.05) is 11.3 Å². The number of hydrogen-bond acceptors (Lipinski definition) is 7. The Morgan fingerprint density at radius 3 is 3.00 bits per heavy atom. The zero-order valence-electron chi connectivity index (χ0n) is 7.43. The van der Waals surface area contributed by atoms with Crippen LogP contribution in [0.4, 0.5) is 5.82 Å². The number of hydrogen-bond donors (Lipinski definition) is 3. The lowest BCUT2D eigenvalue weighted by atomic mass is 10.4. The van der Waals surface area contributed by atoms with E-state index in [4.69, 9.17) is 5.84 Å². The van der Waals surface area contributed by atoms with Crippen molar-refractivity contribution in [2.75, 3.05) is 5.43 Å². The number of hydrazine groups is 1. The Balaban J connectivity index is 2.64. The van der Waals surface area contributed by atoms with Crippen LogP contribution in [0.15, 0.2) is 6.33 Å². The van der Waals surface area contributed by atoms with E-state index in [1.54, 1.807) is 6.92 Å². The maximum Gasteiger partial charge on any atom is 0.170 e. The molecule has 0 aromatic carbocycles. The van der Waals surface area contributed by atoms with E-state index in [-0.39, 0.29) is 0 Å². The maximum absolute atomic E-state index is 9.34. The molecule has 14 heavy (non-hydrogen) atoms. The number of nitrogens with zero attached hydrogens (tertiary/aromatic N) is 3. The van der Waals surface area contributed by atoms with Gasteiger partial charge in [0.15, 0.2) is 5.82 Å². The second kappa shape index (κ2) is 3.45. The van der Waals surface area contributed by atoms with Crippen LogP contribution in [0.1, 0.15) is 18.0 Å². The number of nitrogens with one attached hydrogen (secondary N) is 1. The van der Waals surface area contributed by atoms with Crippen LogP contribution in [0.25, 0.3) is 10.3 Å². The fourth-order valence-electron chi connectivity index (χ4n) is 1.05. The van der Waals surface area contributed by atoms with Crippen LogP contribution < -0.4 is 11.3 Å². The Morgan fingerprint density at radius 2 is 2.36 bits per heavy atom. The molecule has 0 radical (unpaired) electrons. The molecule has 1 unspecified atom stereocenters. The van der Waals surface area contributed by atoms with E-state index >= 15 is 0 Å². The molecule has 4 N–H and O–H groups in total. The third-order valence-electron chi connectivity index (χ3n) is 1.71. The van der Waals surface area contributed by atoms with Gasteiger partial charge in [0, 0.05) is 0 Å². The van der Waals surface area contributed by atoms with E-state index < -0.39 is 6.10 Å². The van der Waals surface area contributed by atoms with Gasteiger partial charge in [0.2, 0.25) is 0 Å². The lowest BCUT2D eigenvalue weighted by Gasteiger charge is -1.96. The van der Waals surface area contributed by atoms with Gasteiger partial charge in [-0.2, -0.15) is 0 Å². The van der Waals surface area contributed by atoms with Crippen molar-refractivity contribution in [3.63, 3.8) is 0 Å². The molecule has 2 heterocycles. The van der Waals surface area contributed by atoms with Gasteiger partial charge >= 0.3 is 0 Å². The highest BCUT2D eigenvalue weighted by Gasteiger charge is 2.12. The Labute approximate surface area is 83.8 Å². The van der Waals surface area contributed by atoms with Crippen LogP contribution in [0.5, 0.6) is 0 Å². The number of fused-ring (bicyclic) bond motifs is 1. The minimum atomic E-state index is -0.597. The van der Waals surface area contributed by atoms with Crippen LogP contribution in [0.3, 0.4) is 0 Å². The Kier molecular flexibility index (Phi) is 2.28. The molecule has 0 amide bonds. The predicted molar refractivity (Wildman–Crippen MR) is 53.7 cm³/mol. The van der Waals surface area contributed by atoms with Gasteiger partial charge in [-0.3, -0.25) is 0 Å². The van der Waals surface area contributed by atoms with Crippen LogP contribution in [0.2, 0.25) is 0 Å². The molecule has 2 rings (SSSR count). The first-order chi connectivity index (χ1) is 6.72. The van der Waals surface area contributed by atoms with Gasteiger partial charge in [-0.25, -0.2) is 20.8 Å². The zero-order valence-corrected chi connectivity index (χ0v) is 8.25. The fourth-order valence-corrected chi connectivity index (χ4v) is 1.90. The fraction of sp³-hybridized carbons (Fsp3) is 0.286. The van der Waals surface area contributed by atoms with Gasteiger partial charge in [0.05, 0.1) is 0 Å². The first kappa shape index (κ1) is 9.25. The summed E-state index contributed by atoms with van der Waals surface area (Å²) in [7, 11) is 0. The summed E-state index contributed by atoms with van der Waals surface area (Å²) in [5.41, 5.74) is 3.03. The quantitative estimate of drug-likeness (QED) is 0.492. The first-order valence-corrected chi connectivity index (χ1v) is 4.80. The van der Waals surface area contributed by atoms with Gasteiger partial charge in [0.25, 0.3) is 0 Å². The number of thiazole rings is 1. The minimum Gasteiger partial charge on any atom is -0.386 e. The third kappa shape index (κ3) is 1.41. The lowest BCUT2D eigenvalue weighted by Crippen LogP contribution is -2.09. The van der Waals surface area contributed by atoms with Crippen molar-refractivity contribution in [3.05, 3.63) is 11.3 Å². The van der Waals surface area contributed by atoms with E-state index in [9.17, 15) is 5.11 Å². The van der Waals surface area contributed by atoms with Crippen molar-refractivity contribution >= 4 is 27.5 Å². The van der Waals surface area contributed by atoms with Crippen molar-refractivity contribution in [3.8, 4) is 0 Å². The molecule has 0 aliphatic carbocycles. The molecule has 0 saturated heterocycles. The number of anilines is 1. The monoisotopic (exact) mass is 211 g/mol. The summed E-state index contributed by atoms with van der Waals surface area (Å²) in [5, 5.41) is 9.94. The number of aliphatic hydroxyl groups is 1. The second-order valence-corrected chi connectivity index (χ2v) is 3.76. The molecule has 0 bridgehead atoms. The van der Waals surface area contributed by atoms with Gasteiger partial charge in [-0.05, 0) is 6.92 Å². The number of rotatable bonds is 2. The summed E-state index contributed by atoms with van der Waals surface area (Å²) in [5.74, 6) is 5.73. The summed E-state index contributed by atoms with van der Waals surface area (Å²) in [6.07, 6.45) is 0.807. The highest BCUT2D eigenvalue weighted by Crippen LogP contribution is 2.27. The van der Waals surface area contributed by atoms with Gasteiger partial charge in [-0.15, -0.1) is 0 Å². The average molecular weight is 211 g/mol. The molecular weight excluding hydrogens is 202 g/mol. The van der Waals surface area contributed by atoms with Crippen LogP contribution in [-0.2, 0) is 0 Å². The average Bonchev–Trinajstić information content (AvgIpc) is 2.60. The summed E-state index contributed by atoms with van der Waals surface area (Å²) >= 11 is 1.33. The van der Waals surface area contributed by atoms with E-state index in [2.05, 4.69) is 20.4 Å². The SMILES string of the molecule is CC(O)c1nc2c(NN)ncnc2s1. The largest absolute Gasteiger partial charge is 0.386 e. The smallest absolute Gasteiger partial charge is 0.170 e.